The zero-order valence-electron chi connectivity index (χ0n) is 17.0. The van der Waals surface area contributed by atoms with E-state index in [9.17, 15) is 13.2 Å². The van der Waals surface area contributed by atoms with Crippen LogP contribution in [0.4, 0.5) is 0 Å². The summed E-state index contributed by atoms with van der Waals surface area (Å²) >= 11 is 0. The molecule has 2 aromatic carbocycles. The van der Waals surface area contributed by atoms with Gasteiger partial charge >= 0.3 is 0 Å². The lowest BCUT2D eigenvalue weighted by atomic mass is 9.87. The topological polar surface area (TPSA) is 72.5 Å². The molecule has 1 aliphatic rings. The zero-order valence-corrected chi connectivity index (χ0v) is 18.6. The van der Waals surface area contributed by atoms with Crippen LogP contribution in [-0.2, 0) is 14.6 Å². The summed E-state index contributed by atoms with van der Waals surface area (Å²) in [6.07, 6.45) is 1.11. The van der Waals surface area contributed by atoms with Crippen molar-refractivity contribution < 1.29 is 17.9 Å². The van der Waals surface area contributed by atoms with Gasteiger partial charge in [0.15, 0.2) is 9.84 Å². The van der Waals surface area contributed by atoms with Crippen LogP contribution in [0, 0.1) is 0 Å². The van der Waals surface area contributed by atoms with Gasteiger partial charge in [-0.05, 0) is 35.7 Å². The van der Waals surface area contributed by atoms with Crippen molar-refractivity contribution in [3.63, 3.8) is 0 Å². The number of sulfone groups is 1. The third-order valence-electron chi connectivity index (χ3n) is 5.52. The monoisotopic (exact) mass is 437 g/mol. The number of Topliss-reactive ketones (excluding diaryl/α,β-unsaturated/α-hetero) is 1. The molecule has 0 fully saturated rings. The predicted octanol–water partition coefficient (Wildman–Crippen LogP) is 4.10. The molecular formula is C22H28ClNO4S. The summed E-state index contributed by atoms with van der Waals surface area (Å²) in [5.41, 5.74) is 0.791. The Morgan fingerprint density at radius 1 is 1.17 bits per heavy atom. The number of carbonyl (C=O) groups excluding carboxylic acids is 1. The number of methoxy groups -OCH3 is 1. The molecule has 1 aliphatic heterocycles. The number of halogens is 1. The average molecular weight is 438 g/mol. The maximum absolute atomic E-state index is 13.3. The molecule has 0 saturated carbocycles. The Kier molecular flexibility index (Phi) is 7.49. The normalized spacial score (nSPS) is 22.7. The van der Waals surface area contributed by atoms with Crippen molar-refractivity contribution in [1.82, 2.24) is 5.32 Å². The van der Waals surface area contributed by atoms with Crippen molar-refractivity contribution >= 4 is 28.0 Å². The summed E-state index contributed by atoms with van der Waals surface area (Å²) in [6, 6.07) is 14.5. The second kappa shape index (κ2) is 9.28. The smallest absolute Gasteiger partial charge is 0.180 e. The van der Waals surface area contributed by atoms with Crippen LogP contribution in [0.15, 0.2) is 53.4 Å². The number of ether oxygens (including phenoxy) is 1. The molecule has 2 aromatic rings. The molecule has 0 spiro atoms. The fourth-order valence-corrected chi connectivity index (χ4v) is 5.96. The third-order valence-corrected chi connectivity index (χ3v) is 7.49. The van der Waals surface area contributed by atoms with Crippen molar-refractivity contribution in [3.8, 4) is 5.75 Å². The number of fused-ring (bicyclic) bond motifs is 1. The van der Waals surface area contributed by atoms with E-state index in [1.165, 1.54) is 0 Å². The first-order valence-corrected chi connectivity index (χ1v) is 11.2. The maximum Gasteiger partial charge on any atom is 0.180 e. The minimum absolute atomic E-state index is 0. The molecule has 0 saturated heterocycles. The number of hydrogen-bond acceptors (Lipinski definition) is 5. The lowest BCUT2D eigenvalue weighted by Crippen LogP contribution is -2.51. The van der Waals surface area contributed by atoms with E-state index < -0.39 is 15.4 Å². The van der Waals surface area contributed by atoms with Crippen LogP contribution in [-0.4, -0.2) is 32.6 Å². The Bertz CT molecular complexity index is 962. The lowest BCUT2D eigenvalue weighted by molar-refractivity contribution is -0.120. The van der Waals surface area contributed by atoms with E-state index in [-0.39, 0.29) is 36.4 Å². The number of nitrogens with one attached hydrogen (secondary N) is 1. The lowest BCUT2D eigenvalue weighted by Gasteiger charge is -2.35. The zero-order chi connectivity index (χ0) is 20.4. The molecule has 7 heteroatoms. The van der Waals surface area contributed by atoms with E-state index in [1.807, 2.05) is 44.2 Å². The van der Waals surface area contributed by atoms with Gasteiger partial charge in [0.1, 0.15) is 11.5 Å². The first kappa shape index (κ1) is 23.4. The molecule has 1 N–H and O–H groups in total. The first-order valence-electron chi connectivity index (χ1n) is 9.59. The van der Waals surface area contributed by atoms with Crippen molar-refractivity contribution in [2.24, 2.45) is 0 Å². The Labute approximate surface area is 179 Å². The summed E-state index contributed by atoms with van der Waals surface area (Å²) in [5.74, 6) is 0.551. The van der Waals surface area contributed by atoms with Gasteiger partial charge in [0.25, 0.3) is 0 Å². The third kappa shape index (κ3) is 4.82. The van der Waals surface area contributed by atoms with Crippen LogP contribution < -0.4 is 10.1 Å². The van der Waals surface area contributed by atoms with E-state index >= 15 is 0 Å². The van der Waals surface area contributed by atoms with Gasteiger partial charge in [0, 0.05) is 18.4 Å². The summed E-state index contributed by atoms with van der Waals surface area (Å²) in [7, 11) is -2.02. The van der Waals surface area contributed by atoms with Crippen LogP contribution in [0.25, 0.3) is 0 Å². The van der Waals surface area contributed by atoms with E-state index in [0.717, 1.165) is 5.56 Å². The number of rotatable bonds is 6. The van der Waals surface area contributed by atoms with Gasteiger partial charge in [-0.1, -0.05) is 44.2 Å². The Morgan fingerprint density at radius 3 is 2.45 bits per heavy atom. The van der Waals surface area contributed by atoms with Crippen LogP contribution in [0.3, 0.4) is 0 Å². The highest BCUT2D eigenvalue weighted by atomic mass is 35.5. The van der Waals surface area contributed by atoms with Gasteiger partial charge in [0.2, 0.25) is 0 Å². The van der Waals surface area contributed by atoms with Crippen LogP contribution >= 0.6 is 12.4 Å². The SMILES string of the molecule is CCC(=O)C[C@@]1(CC)CS(=O)(=O)c2ccc(OC)cc2[C@H](c2ccccc2)N1.Cl. The largest absolute Gasteiger partial charge is 0.497 e. The molecule has 5 nitrogen and oxygen atoms in total. The average Bonchev–Trinajstić information content (AvgIpc) is 2.80. The summed E-state index contributed by atoms with van der Waals surface area (Å²) in [4.78, 5) is 12.6. The minimum atomic E-state index is -3.59. The highest BCUT2D eigenvalue weighted by Crippen LogP contribution is 2.39. The van der Waals surface area contributed by atoms with Crippen molar-refractivity contribution in [1.29, 1.82) is 0 Å². The minimum Gasteiger partial charge on any atom is -0.497 e. The number of hydrogen-bond donors (Lipinski definition) is 1. The molecule has 3 rings (SSSR count). The van der Waals surface area contributed by atoms with Crippen molar-refractivity contribution in [2.75, 3.05) is 12.9 Å². The van der Waals surface area contributed by atoms with Gasteiger partial charge in [-0.25, -0.2) is 8.42 Å². The second-order valence-electron chi connectivity index (χ2n) is 7.35. The van der Waals surface area contributed by atoms with E-state index in [0.29, 0.717) is 29.1 Å². The molecule has 158 valence electrons. The summed E-state index contributed by atoms with van der Waals surface area (Å²) in [6.45, 7) is 3.75. The molecule has 0 aromatic heterocycles. The fraction of sp³-hybridized carbons (Fsp3) is 0.409. The Morgan fingerprint density at radius 2 is 1.86 bits per heavy atom. The fourth-order valence-electron chi connectivity index (χ4n) is 3.87. The van der Waals surface area contributed by atoms with E-state index in [1.54, 1.807) is 25.3 Å². The predicted molar refractivity (Wildman–Crippen MR) is 117 cm³/mol. The van der Waals surface area contributed by atoms with Crippen LogP contribution in [0.1, 0.15) is 50.3 Å². The molecule has 0 unspecified atom stereocenters. The molecule has 0 aliphatic carbocycles. The highest BCUT2D eigenvalue weighted by Gasteiger charge is 2.43. The summed E-state index contributed by atoms with van der Waals surface area (Å²) in [5, 5.41) is 3.57. The van der Waals surface area contributed by atoms with Gasteiger partial charge in [-0.3, -0.25) is 10.1 Å². The number of carbonyl (C=O) groups is 1. The van der Waals surface area contributed by atoms with Crippen LogP contribution in [0.5, 0.6) is 5.75 Å². The van der Waals surface area contributed by atoms with Gasteiger partial charge in [0.05, 0.1) is 23.8 Å². The molecule has 0 amide bonds. The van der Waals surface area contributed by atoms with Gasteiger partial charge in [-0.2, -0.15) is 0 Å². The molecule has 29 heavy (non-hydrogen) atoms. The van der Waals surface area contributed by atoms with Gasteiger partial charge < -0.3 is 4.74 Å². The van der Waals surface area contributed by atoms with Crippen molar-refractivity contribution in [2.45, 2.75) is 49.6 Å². The highest BCUT2D eigenvalue weighted by molar-refractivity contribution is 7.91. The molecule has 2 atom stereocenters. The Hall–Kier alpha value is -1.89. The second-order valence-corrected chi connectivity index (χ2v) is 9.31. The quantitative estimate of drug-likeness (QED) is 0.736. The molecular weight excluding hydrogens is 410 g/mol. The Balaban J connectivity index is 0.00000300. The molecule has 0 bridgehead atoms. The van der Waals surface area contributed by atoms with Crippen molar-refractivity contribution in [3.05, 3.63) is 59.7 Å². The van der Waals surface area contributed by atoms with Crippen LogP contribution in [0.2, 0.25) is 0 Å². The van der Waals surface area contributed by atoms with E-state index in [2.05, 4.69) is 5.32 Å². The number of ketones is 1. The number of benzene rings is 2. The molecule has 1 heterocycles. The first-order chi connectivity index (χ1) is 13.3. The molecule has 0 radical (unpaired) electrons. The summed E-state index contributed by atoms with van der Waals surface area (Å²) < 4.78 is 32.0. The maximum atomic E-state index is 13.3. The van der Waals surface area contributed by atoms with E-state index in [4.69, 9.17) is 4.74 Å². The van der Waals surface area contributed by atoms with Gasteiger partial charge in [-0.15, -0.1) is 12.4 Å². The standard InChI is InChI=1S/C22H27NO4S.ClH/c1-4-17(24)14-22(5-2)15-28(25,26)20-12-11-18(27-3)13-19(20)21(23-22)16-9-7-6-8-10-16;/h6-13,21,23H,4-5,14-15H2,1-3H3;1H/t21-,22-;/m0./s1.